The molecular formula is C11H21NO. The van der Waals surface area contributed by atoms with Gasteiger partial charge in [0.1, 0.15) is 0 Å². The molecule has 0 bridgehead atoms. The number of amides is 1. The quantitative estimate of drug-likeness (QED) is 0.712. The molecule has 0 aromatic carbocycles. The van der Waals surface area contributed by atoms with E-state index in [9.17, 15) is 4.79 Å². The van der Waals surface area contributed by atoms with E-state index in [0.29, 0.717) is 5.41 Å². The fourth-order valence-electron chi connectivity index (χ4n) is 1.97. The predicted molar refractivity (Wildman–Crippen MR) is 54.4 cm³/mol. The van der Waals surface area contributed by atoms with E-state index < -0.39 is 0 Å². The summed E-state index contributed by atoms with van der Waals surface area (Å²) in [6, 6.07) is 0. The maximum atomic E-state index is 11.4. The zero-order chi connectivity index (χ0) is 9.90. The minimum Gasteiger partial charge on any atom is -0.356 e. The van der Waals surface area contributed by atoms with Crippen molar-refractivity contribution in [2.24, 2.45) is 11.3 Å². The Labute approximate surface area is 81.1 Å². The van der Waals surface area contributed by atoms with Gasteiger partial charge in [-0.25, -0.2) is 0 Å². The molecule has 76 valence electrons. The summed E-state index contributed by atoms with van der Waals surface area (Å²) in [6.45, 7) is 7.61. The zero-order valence-corrected chi connectivity index (χ0v) is 9.02. The lowest BCUT2D eigenvalue weighted by molar-refractivity contribution is -0.123. The van der Waals surface area contributed by atoms with Gasteiger partial charge in [0.15, 0.2) is 0 Å². The molecule has 1 heterocycles. The molecule has 1 fully saturated rings. The van der Waals surface area contributed by atoms with E-state index in [2.05, 4.69) is 26.1 Å². The molecular weight excluding hydrogens is 162 g/mol. The molecule has 0 saturated carbocycles. The van der Waals surface area contributed by atoms with Crippen molar-refractivity contribution < 1.29 is 4.79 Å². The Balaban J connectivity index is 2.50. The number of carbonyl (C=O) groups is 1. The fourth-order valence-corrected chi connectivity index (χ4v) is 1.97. The average molecular weight is 183 g/mol. The van der Waals surface area contributed by atoms with Crippen molar-refractivity contribution in [3.63, 3.8) is 0 Å². The van der Waals surface area contributed by atoms with Crippen molar-refractivity contribution in [2.75, 3.05) is 6.54 Å². The maximum absolute atomic E-state index is 11.4. The molecule has 1 aliphatic heterocycles. The highest BCUT2D eigenvalue weighted by atomic mass is 16.2. The van der Waals surface area contributed by atoms with Gasteiger partial charge in [0.05, 0.1) is 0 Å². The van der Waals surface area contributed by atoms with Crippen LogP contribution in [0.3, 0.4) is 0 Å². The van der Waals surface area contributed by atoms with Gasteiger partial charge >= 0.3 is 0 Å². The monoisotopic (exact) mass is 183 g/mol. The number of rotatable bonds is 4. The number of hydrogen-bond acceptors (Lipinski definition) is 1. The Kier molecular flexibility index (Phi) is 3.34. The Morgan fingerprint density at radius 2 is 2.08 bits per heavy atom. The lowest BCUT2D eigenvalue weighted by atomic mass is 9.76. The molecule has 0 aromatic heterocycles. The van der Waals surface area contributed by atoms with E-state index in [1.807, 2.05) is 0 Å². The van der Waals surface area contributed by atoms with E-state index in [1.165, 1.54) is 12.8 Å². The minimum absolute atomic E-state index is 0.271. The first-order chi connectivity index (χ1) is 6.11. The zero-order valence-electron chi connectivity index (χ0n) is 9.02. The molecule has 1 N–H and O–H groups in total. The second-order valence-corrected chi connectivity index (χ2v) is 4.50. The van der Waals surface area contributed by atoms with Gasteiger partial charge in [0.25, 0.3) is 0 Å². The van der Waals surface area contributed by atoms with Crippen molar-refractivity contribution in [3.05, 3.63) is 0 Å². The molecule has 0 radical (unpaired) electrons. The van der Waals surface area contributed by atoms with Gasteiger partial charge in [0, 0.05) is 12.5 Å². The SMILES string of the molecule is CCC(C)(CC)CC1CCNC1=O. The van der Waals surface area contributed by atoms with Crippen LogP contribution in [-0.2, 0) is 4.79 Å². The highest BCUT2D eigenvalue weighted by Crippen LogP contribution is 2.35. The lowest BCUT2D eigenvalue weighted by Gasteiger charge is -2.28. The van der Waals surface area contributed by atoms with Gasteiger partial charge in [-0.2, -0.15) is 0 Å². The molecule has 13 heavy (non-hydrogen) atoms. The highest BCUT2D eigenvalue weighted by molar-refractivity contribution is 5.80. The normalized spacial score (nSPS) is 23.3. The molecule has 0 spiro atoms. The molecule has 1 saturated heterocycles. The van der Waals surface area contributed by atoms with Gasteiger partial charge in [-0.3, -0.25) is 4.79 Å². The van der Waals surface area contributed by atoms with Gasteiger partial charge in [0.2, 0.25) is 5.91 Å². The third kappa shape index (κ3) is 2.45. The molecule has 1 aliphatic rings. The predicted octanol–water partition coefficient (Wildman–Crippen LogP) is 2.34. The summed E-state index contributed by atoms with van der Waals surface area (Å²) in [5, 5.41) is 2.90. The van der Waals surface area contributed by atoms with Crippen LogP contribution in [-0.4, -0.2) is 12.5 Å². The second-order valence-electron chi connectivity index (χ2n) is 4.50. The highest BCUT2D eigenvalue weighted by Gasteiger charge is 2.31. The van der Waals surface area contributed by atoms with Crippen LogP contribution in [0.15, 0.2) is 0 Å². The summed E-state index contributed by atoms with van der Waals surface area (Å²) >= 11 is 0. The van der Waals surface area contributed by atoms with Crippen LogP contribution in [0, 0.1) is 11.3 Å². The first kappa shape index (κ1) is 10.6. The van der Waals surface area contributed by atoms with Gasteiger partial charge < -0.3 is 5.32 Å². The third-order valence-electron chi connectivity index (χ3n) is 3.61. The van der Waals surface area contributed by atoms with Crippen LogP contribution in [0.4, 0.5) is 0 Å². The van der Waals surface area contributed by atoms with E-state index in [0.717, 1.165) is 19.4 Å². The fraction of sp³-hybridized carbons (Fsp3) is 0.909. The number of hydrogen-bond donors (Lipinski definition) is 1. The van der Waals surface area contributed by atoms with Gasteiger partial charge in [-0.15, -0.1) is 0 Å². The molecule has 1 atom stereocenters. The molecule has 2 heteroatoms. The van der Waals surface area contributed by atoms with E-state index in [4.69, 9.17) is 0 Å². The summed E-state index contributed by atoms with van der Waals surface area (Å²) in [5.41, 5.74) is 0.367. The van der Waals surface area contributed by atoms with Crippen molar-refractivity contribution in [1.82, 2.24) is 5.32 Å². The van der Waals surface area contributed by atoms with Crippen LogP contribution in [0.1, 0.15) is 46.5 Å². The Morgan fingerprint density at radius 1 is 1.46 bits per heavy atom. The summed E-state index contributed by atoms with van der Waals surface area (Å²) in [7, 11) is 0. The molecule has 1 rings (SSSR count). The largest absolute Gasteiger partial charge is 0.356 e. The van der Waals surface area contributed by atoms with Crippen molar-refractivity contribution in [1.29, 1.82) is 0 Å². The van der Waals surface area contributed by atoms with Crippen molar-refractivity contribution >= 4 is 5.91 Å². The lowest BCUT2D eigenvalue weighted by Crippen LogP contribution is -2.25. The van der Waals surface area contributed by atoms with Crippen molar-refractivity contribution in [2.45, 2.75) is 46.5 Å². The maximum Gasteiger partial charge on any atom is 0.223 e. The second kappa shape index (κ2) is 4.12. The van der Waals surface area contributed by atoms with Crippen LogP contribution >= 0.6 is 0 Å². The topological polar surface area (TPSA) is 29.1 Å². The summed E-state index contributed by atoms with van der Waals surface area (Å²) in [5.74, 6) is 0.554. The number of nitrogens with one attached hydrogen (secondary N) is 1. The molecule has 0 aromatic rings. The first-order valence-electron chi connectivity index (χ1n) is 5.39. The first-order valence-corrected chi connectivity index (χ1v) is 5.39. The van der Waals surface area contributed by atoms with Crippen LogP contribution in [0.25, 0.3) is 0 Å². The average Bonchev–Trinajstić information content (AvgIpc) is 2.52. The molecule has 2 nitrogen and oxygen atoms in total. The Hall–Kier alpha value is -0.530. The van der Waals surface area contributed by atoms with E-state index in [-0.39, 0.29) is 11.8 Å². The van der Waals surface area contributed by atoms with Crippen LogP contribution in [0.5, 0.6) is 0 Å². The molecule has 0 aliphatic carbocycles. The minimum atomic E-state index is 0.271. The van der Waals surface area contributed by atoms with E-state index in [1.54, 1.807) is 0 Å². The summed E-state index contributed by atoms with van der Waals surface area (Å²) < 4.78 is 0. The number of carbonyl (C=O) groups excluding carboxylic acids is 1. The molecule has 1 amide bonds. The standard InChI is InChI=1S/C11H21NO/c1-4-11(3,5-2)8-9-6-7-12-10(9)13/h9H,4-8H2,1-3H3,(H,12,13). The third-order valence-corrected chi connectivity index (χ3v) is 3.61. The Bertz CT molecular complexity index is 185. The summed E-state index contributed by atoms with van der Waals surface area (Å²) in [4.78, 5) is 11.4. The van der Waals surface area contributed by atoms with Crippen molar-refractivity contribution in [3.8, 4) is 0 Å². The molecule has 1 unspecified atom stereocenters. The van der Waals surface area contributed by atoms with Gasteiger partial charge in [-0.05, 0) is 18.3 Å². The van der Waals surface area contributed by atoms with E-state index >= 15 is 0 Å². The summed E-state index contributed by atoms with van der Waals surface area (Å²) in [6.07, 6.45) is 4.45. The van der Waals surface area contributed by atoms with Crippen LogP contribution in [0.2, 0.25) is 0 Å². The van der Waals surface area contributed by atoms with Crippen LogP contribution < -0.4 is 5.32 Å². The Morgan fingerprint density at radius 3 is 2.46 bits per heavy atom. The smallest absolute Gasteiger partial charge is 0.223 e. The van der Waals surface area contributed by atoms with Gasteiger partial charge in [-0.1, -0.05) is 33.6 Å².